The molecular weight excluding hydrogens is 448 g/mol. The molecular formula is C28H29ClN2OS. The van der Waals surface area contributed by atoms with E-state index in [2.05, 4.69) is 30.8 Å². The Morgan fingerprint density at radius 2 is 1.85 bits per heavy atom. The van der Waals surface area contributed by atoms with E-state index in [1.807, 2.05) is 35.8 Å². The Hall–Kier alpha value is -2.30. The smallest absolute Gasteiger partial charge is 0.258 e. The van der Waals surface area contributed by atoms with Crippen molar-refractivity contribution in [1.29, 1.82) is 0 Å². The maximum Gasteiger partial charge on any atom is 0.258 e. The van der Waals surface area contributed by atoms with Crippen molar-refractivity contribution in [2.45, 2.75) is 68.3 Å². The number of fused-ring (bicyclic) bond motifs is 4. The highest BCUT2D eigenvalue weighted by Gasteiger charge is 2.43. The molecule has 0 saturated heterocycles. The van der Waals surface area contributed by atoms with Crippen LogP contribution in [-0.2, 0) is 24.1 Å². The van der Waals surface area contributed by atoms with Gasteiger partial charge in [0.2, 0.25) is 0 Å². The minimum atomic E-state index is -0.102. The molecule has 5 rings (SSSR count). The first-order chi connectivity index (χ1) is 16.0. The fourth-order valence-corrected chi connectivity index (χ4v) is 6.78. The lowest BCUT2D eigenvalue weighted by Crippen LogP contribution is -2.43. The molecule has 1 saturated carbocycles. The second kappa shape index (κ2) is 9.15. The van der Waals surface area contributed by atoms with Gasteiger partial charge in [-0.3, -0.25) is 9.36 Å². The molecule has 170 valence electrons. The Bertz CT molecular complexity index is 1270. The number of benzene rings is 2. The Morgan fingerprint density at radius 1 is 1.12 bits per heavy atom. The van der Waals surface area contributed by atoms with Crippen LogP contribution in [0.3, 0.4) is 0 Å². The molecule has 1 fully saturated rings. The van der Waals surface area contributed by atoms with Gasteiger partial charge >= 0.3 is 0 Å². The summed E-state index contributed by atoms with van der Waals surface area (Å²) in [6.07, 6.45) is 6.65. The topological polar surface area (TPSA) is 34.9 Å². The summed E-state index contributed by atoms with van der Waals surface area (Å²) >= 11 is 7.99. The SMILES string of the molecule is C=C(C)Cn1c(SCc2ccccc2Cl)nc2c(c1=O)C1(CCCCC1)Cc1ccccc1-2. The predicted octanol–water partition coefficient (Wildman–Crippen LogP) is 7.19. The van der Waals surface area contributed by atoms with Crippen LogP contribution in [0.2, 0.25) is 5.02 Å². The van der Waals surface area contributed by atoms with Crippen LogP contribution >= 0.6 is 23.4 Å². The molecule has 0 bridgehead atoms. The minimum absolute atomic E-state index is 0.102. The van der Waals surface area contributed by atoms with Crippen molar-refractivity contribution >= 4 is 23.4 Å². The predicted molar refractivity (Wildman–Crippen MR) is 138 cm³/mol. The van der Waals surface area contributed by atoms with Gasteiger partial charge in [0.05, 0.1) is 11.3 Å². The summed E-state index contributed by atoms with van der Waals surface area (Å²) in [6, 6.07) is 16.4. The molecule has 33 heavy (non-hydrogen) atoms. The second-order valence-electron chi connectivity index (χ2n) is 9.52. The third kappa shape index (κ3) is 4.20. The van der Waals surface area contributed by atoms with Crippen molar-refractivity contribution in [3.05, 3.63) is 92.7 Å². The molecule has 0 unspecified atom stereocenters. The number of allylic oxidation sites excluding steroid dienone is 1. The number of thioether (sulfide) groups is 1. The van der Waals surface area contributed by atoms with E-state index in [-0.39, 0.29) is 11.0 Å². The summed E-state index contributed by atoms with van der Waals surface area (Å²) in [4.78, 5) is 19.4. The highest BCUT2D eigenvalue weighted by molar-refractivity contribution is 7.98. The van der Waals surface area contributed by atoms with E-state index in [4.69, 9.17) is 16.6 Å². The lowest BCUT2D eigenvalue weighted by Gasteiger charge is -2.42. The van der Waals surface area contributed by atoms with Crippen molar-refractivity contribution in [2.24, 2.45) is 0 Å². The van der Waals surface area contributed by atoms with Crippen LogP contribution in [0.4, 0.5) is 0 Å². The first-order valence-electron chi connectivity index (χ1n) is 11.7. The molecule has 5 heteroatoms. The van der Waals surface area contributed by atoms with Gasteiger partial charge in [-0.05, 0) is 43.4 Å². The van der Waals surface area contributed by atoms with Gasteiger partial charge in [-0.15, -0.1) is 0 Å². The Kier molecular flexibility index (Phi) is 6.24. The Morgan fingerprint density at radius 3 is 2.61 bits per heavy atom. The van der Waals surface area contributed by atoms with E-state index >= 15 is 0 Å². The highest BCUT2D eigenvalue weighted by Crippen LogP contribution is 2.49. The molecule has 2 aliphatic carbocycles. The molecule has 1 spiro atoms. The number of hydrogen-bond acceptors (Lipinski definition) is 3. The van der Waals surface area contributed by atoms with E-state index in [9.17, 15) is 4.79 Å². The monoisotopic (exact) mass is 476 g/mol. The fraction of sp³-hybridized carbons (Fsp3) is 0.357. The van der Waals surface area contributed by atoms with E-state index in [0.29, 0.717) is 12.3 Å². The van der Waals surface area contributed by atoms with Gasteiger partial charge in [0, 0.05) is 28.3 Å². The van der Waals surface area contributed by atoms with Crippen molar-refractivity contribution in [3.63, 3.8) is 0 Å². The van der Waals surface area contributed by atoms with E-state index in [1.165, 1.54) is 24.8 Å². The van der Waals surface area contributed by atoms with E-state index < -0.39 is 0 Å². The summed E-state index contributed by atoms with van der Waals surface area (Å²) in [5, 5.41) is 1.48. The van der Waals surface area contributed by atoms with Crippen LogP contribution in [0.5, 0.6) is 0 Å². The summed E-state index contributed by atoms with van der Waals surface area (Å²) in [7, 11) is 0. The summed E-state index contributed by atoms with van der Waals surface area (Å²) in [6.45, 7) is 6.56. The van der Waals surface area contributed by atoms with Gasteiger partial charge in [-0.25, -0.2) is 4.98 Å². The standard InChI is InChI=1S/C28H29ClN2OS/c1-19(2)17-31-26(32)24-25(30-27(31)33-18-21-11-5-7-13-23(21)29)22-12-6-4-10-20(22)16-28(24)14-8-3-9-15-28/h4-7,10-13H,1,3,8-9,14-18H2,2H3. The van der Waals surface area contributed by atoms with Crippen molar-refractivity contribution < 1.29 is 0 Å². The third-order valence-corrected chi connectivity index (χ3v) is 8.41. The first-order valence-corrected chi connectivity index (χ1v) is 13.1. The van der Waals surface area contributed by atoms with Gasteiger partial charge in [0.15, 0.2) is 5.16 Å². The molecule has 1 aromatic heterocycles. The summed E-state index contributed by atoms with van der Waals surface area (Å²) < 4.78 is 1.85. The molecule has 2 aromatic carbocycles. The van der Waals surface area contributed by atoms with E-state index in [1.54, 1.807) is 11.8 Å². The average molecular weight is 477 g/mol. The van der Waals surface area contributed by atoms with Crippen LogP contribution in [0, 0.1) is 0 Å². The number of halogens is 1. The Balaban J connectivity index is 1.68. The molecule has 3 aromatic rings. The van der Waals surface area contributed by atoms with Crippen LogP contribution in [0.25, 0.3) is 11.3 Å². The van der Waals surface area contributed by atoms with Crippen LogP contribution < -0.4 is 5.56 Å². The number of rotatable bonds is 5. The maximum absolute atomic E-state index is 14.2. The molecule has 0 radical (unpaired) electrons. The second-order valence-corrected chi connectivity index (χ2v) is 10.9. The molecule has 2 aliphatic rings. The number of hydrogen-bond donors (Lipinski definition) is 0. The van der Waals surface area contributed by atoms with Crippen molar-refractivity contribution in [2.75, 3.05) is 0 Å². The van der Waals surface area contributed by atoms with Gasteiger partial charge in [-0.2, -0.15) is 0 Å². The lowest BCUT2D eigenvalue weighted by atomic mass is 9.62. The van der Waals surface area contributed by atoms with Gasteiger partial charge in [0.25, 0.3) is 5.56 Å². The normalized spacial score (nSPS) is 16.3. The fourth-order valence-electron chi connectivity index (χ4n) is 5.50. The van der Waals surface area contributed by atoms with Gasteiger partial charge in [-0.1, -0.05) is 97.2 Å². The highest BCUT2D eigenvalue weighted by atomic mass is 35.5. The quantitative estimate of drug-likeness (QED) is 0.222. The molecule has 0 N–H and O–H groups in total. The van der Waals surface area contributed by atoms with Crippen LogP contribution in [-0.4, -0.2) is 9.55 Å². The largest absolute Gasteiger partial charge is 0.283 e. The average Bonchev–Trinajstić information content (AvgIpc) is 2.81. The van der Waals surface area contributed by atoms with Gasteiger partial charge in [0.1, 0.15) is 0 Å². The number of nitrogens with zero attached hydrogens (tertiary/aromatic N) is 2. The van der Waals surface area contributed by atoms with Gasteiger partial charge < -0.3 is 0 Å². The third-order valence-electron chi connectivity index (χ3n) is 7.02. The molecule has 0 amide bonds. The minimum Gasteiger partial charge on any atom is -0.283 e. The van der Waals surface area contributed by atoms with Crippen LogP contribution in [0.1, 0.15) is 55.7 Å². The zero-order valence-corrected chi connectivity index (χ0v) is 20.6. The van der Waals surface area contributed by atoms with Crippen molar-refractivity contribution in [1.82, 2.24) is 9.55 Å². The van der Waals surface area contributed by atoms with E-state index in [0.717, 1.165) is 57.4 Å². The molecule has 1 heterocycles. The zero-order valence-electron chi connectivity index (χ0n) is 19.1. The molecule has 0 aliphatic heterocycles. The summed E-state index contributed by atoms with van der Waals surface area (Å²) in [5.41, 5.74) is 6.26. The molecule has 3 nitrogen and oxygen atoms in total. The maximum atomic E-state index is 14.2. The lowest BCUT2D eigenvalue weighted by molar-refractivity contribution is 0.282. The zero-order chi connectivity index (χ0) is 23.0. The molecule has 0 atom stereocenters. The van der Waals surface area contributed by atoms with Crippen molar-refractivity contribution in [3.8, 4) is 11.3 Å². The van der Waals surface area contributed by atoms with Crippen LogP contribution in [0.15, 0.2) is 70.6 Å². The first kappa shape index (κ1) is 22.5. The summed E-state index contributed by atoms with van der Waals surface area (Å²) in [5.74, 6) is 0.661. The number of aromatic nitrogens is 2. The Labute approximate surface area is 204 Å².